The Labute approximate surface area is 147 Å². The topological polar surface area (TPSA) is 95.1 Å². The van der Waals surface area contributed by atoms with E-state index >= 15 is 0 Å². The minimum absolute atomic E-state index is 0.0400. The zero-order valence-corrected chi connectivity index (χ0v) is 14.6. The summed E-state index contributed by atoms with van der Waals surface area (Å²) in [4.78, 5) is 11.8. The van der Waals surface area contributed by atoms with Gasteiger partial charge in [-0.05, 0) is 37.6 Å². The summed E-state index contributed by atoms with van der Waals surface area (Å²) in [5, 5.41) is 11.2. The summed E-state index contributed by atoms with van der Waals surface area (Å²) in [6.07, 6.45) is 0.846. The number of rotatable bonds is 8. The molecule has 1 aromatic carbocycles. The van der Waals surface area contributed by atoms with Gasteiger partial charge in [-0.2, -0.15) is 8.78 Å². The highest BCUT2D eigenvalue weighted by molar-refractivity contribution is 7.99. The van der Waals surface area contributed by atoms with Crippen LogP contribution < -0.4 is 15.9 Å². The minimum atomic E-state index is -2.88. The molecule has 1 aromatic heterocycles. The smallest absolute Gasteiger partial charge is 0.387 e. The summed E-state index contributed by atoms with van der Waals surface area (Å²) >= 11 is 1.16. The van der Waals surface area contributed by atoms with E-state index in [2.05, 4.69) is 20.3 Å². The lowest BCUT2D eigenvalue weighted by atomic mass is 10.2. The van der Waals surface area contributed by atoms with Crippen molar-refractivity contribution in [1.82, 2.24) is 20.2 Å². The van der Waals surface area contributed by atoms with Gasteiger partial charge in [0.2, 0.25) is 11.1 Å². The number of nitrogens with zero attached hydrogens (tertiary/aromatic N) is 3. The number of aromatic nitrogens is 3. The van der Waals surface area contributed by atoms with Gasteiger partial charge in [0.1, 0.15) is 5.75 Å². The zero-order chi connectivity index (χ0) is 18.4. The summed E-state index contributed by atoms with van der Waals surface area (Å²) in [5.41, 5.74) is 0.590. The SMILES string of the molecule is CCC(C)NC(=O)CSc1nnc(-c2ccc(OC(F)F)cc2)n1N. The number of nitrogen functional groups attached to an aromatic ring is 1. The Morgan fingerprint density at radius 2 is 2.04 bits per heavy atom. The van der Waals surface area contributed by atoms with Gasteiger partial charge in [0.05, 0.1) is 5.75 Å². The molecule has 0 saturated heterocycles. The van der Waals surface area contributed by atoms with E-state index in [9.17, 15) is 13.6 Å². The van der Waals surface area contributed by atoms with Crippen molar-refractivity contribution in [3.05, 3.63) is 24.3 Å². The number of carbonyl (C=O) groups excluding carboxylic acids is 1. The van der Waals surface area contributed by atoms with Crippen LogP contribution in [0.5, 0.6) is 5.75 Å². The highest BCUT2D eigenvalue weighted by Crippen LogP contribution is 2.24. The third kappa shape index (κ3) is 5.31. The van der Waals surface area contributed by atoms with Crippen molar-refractivity contribution < 1.29 is 18.3 Å². The van der Waals surface area contributed by atoms with Gasteiger partial charge in [0.15, 0.2) is 5.82 Å². The maximum Gasteiger partial charge on any atom is 0.387 e. The molecule has 25 heavy (non-hydrogen) atoms. The van der Waals surface area contributed by atoms with Crippen LogP contribution >= 0.6 is 11.8 Å². The number of carbonyl (C=O) groups is 1. The van der Waals surface area contributed by atoms with Crippen molar-refractivity contribution in [2.24, 2.45) is 0 Å². The molecule has 1 amide bonds. The molecule has 1 heterocycles. The monoisotopic (exact) mass is 371 g/mol. The second-order valence-corrected chi connectivity index (χ2v) is 6.19. The van der Waals surface area contributed by atoms with E-state index in [1.54, 1.807) is 12.1 Å². The lowest BCUT2D eigenvalue weighted by molar-refractivity contribution is -0.119. The van der Waals surface area contributed by atoms with E-state index in [4.69, 9.17) is 5.84 Å². The molecule has 1 unspecified atom stereocenters. The summed E-state index contributed by atoms with van der Waals surface area (Å²) in [6, 6.07) is 5.99. The molecule has 0 fully saturated rings. The van der Waals surface area contributed by atoms with E-state index in [1.165, 1.54) is 16.8 Å². The summed E-state index contributed by atoms with van der Waals surface area (Å²) in [7, 11) is 0. The molecular weight excluding hydrogens is 352 g/mol. The normalized spacial score (nSPS) is 12.2. The highest BCUT2D eigenvalue weighted by atomic mass is 32.2. The van der Waals surface area contributed by atoms with E-state index in [-0.39, 0.29) is 23.5 Å². The second kappa shape index (κ2) is 8.65. The number of nitrogens with one attached hydrogen (secondary N) is 1. The number of ether oxygens (including phenoxy) is 1. The molecule has 0 bridgehead atoms. The number of hydrogen-bond acceptors (Lipinski definition) is 6. The predicted molar refractivity (Wildman–Crippen MR) is 90.9 cm³/mol. The minimum Gasteiger partial charge on any atom is -0.435 e. The standard InChI is InChI=1S/C15H19F2N5O2S/c1-3-9(2)19-12(23)8-25-15-21-20-13(22(15)18)10-4-6-11(7-5-10)24-14(16)17/h4-7,9,14H,3,8,18H2,1-2H3,(H,19,23). The number of thioether (sulfide) groups is 1. The number of halogens is 2. The number of amides is 1. The fraction of sp³-hybridized carbons (Fsp3) is 0.400. The number of hydrogen-bond donors (Lipinski definition) is 2. The first-order valence-electron chi connectivity index (χ1n) is 7.58. The Hall–Kier alpha value is -2.36. The van der Waals surface area contributed by atoms with Crippen molar-refractivity contribution in [2.45, 2.75) is 38.1 Å². The first kappa shape index (κ1) is 19.0. The van der Waals surface area contributed by atoms with Crippen molar-refractivity contribution >= 4 is 17.7 Å². The average molecular weight is 371 g/mol. The lowest BCUT2D eigenvalue weighted by Gasteiger charge is -2.10. The lowest BCUT2D eigenvalue weighted by Crippen LogP contribution is -2.33. The largest absolute Gasteiger partial charge is 0.435 e. The molecule has 2 rings (SSSR count). The van der Waals surface area contributed by atoms with Gasteiger partial charge >= 0.3 is 6.61 Å². The van der Waals surface area contributed by atoms with Crippen LogP contribution in [0.4, 0.5) is 8.78 Å². The van der Waals surface area contributed by atoms with Crippen LogP contribution in [-0.2, 0) is 4.79 Å². The maximum atomic E-state index is 12.2. The van der Waals surface area contributed by atoms with E-state index in [0.29, 0.717) is 16.5 Å². The van der Waals surface area contributed by atoms with Crippen LogP contribution in [0.2, 0.25) is 0 Å². The fourth-order valence-electron chi connectivity index (χ4n) is 1.91. The second-order valence-electron chi connectivity index (χ2n) is 5.24. The summed E-state index contributed by atoms with van der Waals surface area (Å²) in [5.74, 6) is 6.40. The van der Waals surface area contributed by atoms with Crippen molar-refractivity contribution in [3.63, 3.8) is 0 Å². The van der Waals surface area contributed by atoms with Crippen LogP contribution in [0.1, 0.15) is 20.3 Å². The Balaban J connectivity index is 2.01. The number of nitrogens with two attached hydrogens (primary N) is 1. The highest BCUT2D eigenvalue weighted by Gasteiger charge is 2.15. The first-order chi connectivity index (χ1) is 11.9. The molecule has 7 nitrogen and oxygen atoms in total. The van der Waals surface area contributed by atoms with Gasteiger partial charge < -0.3 is 15.9 Å². The molecular formula is C15H19F2N5O2S. The molecule has 0 saturated carbocycles. The van der Waals surface area contributed by atoms with Crippen molar-refractivity contribution in [1.29, 1.82) is 0 Å². The third-order valence-electron chi connectivity index (χ3n) is 3.35. The average Bonchev–Trinajstić information content (AvgIpc) is 2.94. The van der Waals surface area contributed by atoms with E-state index < -0.39 is 6.61 Å². The molecule has 136 valence electrons. The van der Waals surface area contributed by atoms with Gasteiger partial charge in [0, 0.05) is 11.6 Å². The van der Waals surface area contributed by atoms with Gasteiger partial charge in [-0.15, -0.1) is 10.2 Å². The molecule has 1 atom stereocenters. The Kier molecular flexibility index (Phi) is 6.57. The Bertz CT molecular complexity index is 708. The van der Waals surface area contributed by atoms with Gasteiger partial charge in [0.25, 0.3) is 0 Å². The van der Waals surface area contributed by atoms with Crippen LogP contribution in [-0.4, -0.2) is 39.2 Å². The Morgan fingerprint density at radius 3 is 2.64 bits per heavy atom. The number of benzene rings is 1. The quantitative estimate of drug-likeness (QED) is 0.546. The Morgan fingerprint density at radius 1 is 1.36 bits per heavy atom. The van der Waals surface area contributed by atoms with E-state index in [0.717, 1.165) is 18.2 Å². The van der Waals surface area contributed by atoms with Gasteiger partial charge in [-0.25, -0.2) is 4.68 Å². The molecule has 0 radical (unpaired) electrons. The van der Waals surface area contributed by atoms with Crippen LogP contribution in [0.25, 0.3) is 11.4 Å². The maximum absolute atomic E-state index is 12.2. The van der Waals surface area contributed by atoms with Crippen LogP contribution in [0.15, 0.2) is 29.4 Å². The van der Waals surface area contributed by atoms with Crippen molar-refractivity contribution in [2.75, 3.05) is 11.6 Å². The molecule has 0 spiro atoms. The van der Waals surface area contributed by atoms with E-state index in [1.807, 2.05) is 13.8 Å². The molecule has 3 N–H and O–H groups in total. The zero-order valence-electron chi connectivity index (χ0n) is 13.8. The number of alkyl halides is 2. The summed E-state index contributed by atoms with van der Waals surface area (Å²) < 4.78 is 29.9. The third-order valence-corrected chi connectivity index (χ3v) is 4.30. The first-order valence-corrected chi connectivity index (χ1v) is 8.57. The fourth-order valence-corrected chi connectivity index (χ4v) is 2.57. The molecule has 0 aliphatic carbocycles. The van der Waals surface area contributed by atoms with Gasteiger partial charge in [-0.1, -0.05) is 18.7 Å². The van der Waals surface area contributed by atoms with Crippen LogP contribution in [0, 0.1) is 0 Å². The molecule has 2 aromatic rings. The van der Waals surface area contributed by atoms with Crippen molar-refractivity contribution in [3.8, 4) is 17.1 Å². The van der Waals surface area contributed by atoms with Gasteiger partial charge in [-0.3, -0.25) is 4.79 Å². The molecule has 0 aliphatic heterocycles. The molecule has 0 aliphatic rings. The molecule has 10 heteroatoms. The summed E-state index contributed by atoms with van der Waals surface area (Å²) in [6.45, 7) is 1.03. The predicted octanol–water partition coefficient (Wildman–Crippen LogP) is 2.27. The van der Waals surface area contributed by atoms with Crippen LogP contribution in [0.3, 0.4) is 0 Å².